The van der Waals surface area contributed by atoms with Crippen LogP contribution in [0.4, 0.5) is 0 Å². The molecule has 9 nitrogen and oxygen atoms in total. The number of esters is 1. The monoisotopic (exact) mass is 636 g/mol. The van der Waals surface area contributed by atoms with Crippen LogP contribution >= 0.6 is 11.3 Å². The van der Waals surface area contributed by atoms with Gasteiger partial charge in [-0.15, -0.1) is 0 Å². The molecule has 6 rings (SSSR count). The second kappa shape index (κ2) is 12.9. The Kier molecular flexibility index (Phi) is 8.63. The topological polar surface area (TPSA) is 97.6 Å². The number of hydrogen-bond acceptors (Lipinski definition) is 9. The molecule has 0 unspecified atom stereocenters. The lowest BCUT2D eigenvalue weighted by molar-refractivity contribution is -0.138. The second-order valence-electron chi connectivity index (χ2n) is 10.3. The number of hydrogen-bond donors (Lipinski definition) is 0. The predicted octanol–water partition coefficient (Wildman–Crippen LogP) is 5.12. The number of rotatable bonds is 9. The fourth-order valence-electron chi connectivity index (χ4n) is 5.79. The fraction of sp³-hybridized carbons (Fsp3) is 0.194. The Morgan fingerprint density at radius 2 is 1.54 bits per heavy atom. The minimum absolute atomic E-state index is 0.148. The maximum absolute atomic E-state index is 14.5. The van der Waals surface area contributed by atoms with Crippen LogP contribution < -0.4 is 33.8 Å². The van der Waals surface area contributed by atoms with E-state index in [1.807, 2.05) is 66.7 Å². The number of methoxy groups -OCH3 is 4. The lowest BCUT2D eigenvalue weighted by Gasteiger charge is -2.28. The molecule has 4 aromatic carbocycles. The van der Waals surface area contributed by atoms with Crippen LogP contribution in [0.5, 0.6) is 23.0 Å². The molecule has 0 aliphatic carbocycles. The van der Waals surface area contributed by atoms with E-state index in [0.29, 0.717) is 49.2 Å². The quantitative estimate of drug-likeness (QED) is 0.207. The first-order valence-electron chi connectivity index (χ1n) is 14.6. The molecule has 1 atom stereocenters. The Labute approximate surface area is 269 Å². The molecule has 1 aromatic heterocycles. The molecule has 0 N–H and O–H groups in total. The molecular formula is C36H32N2O7S. The van der Waals surface area contributed by atoms with Crippen molar-refractivity contribution in [3.63, 3.8) is 0 Å². The van der Waals surface area contributed by atoms with Gasteiger partial charge in [0.05, 0.1) is 50.8 Å². The van der Waals surface area contributed by atoms with Crippen molar-refractivity contribution in [1.29, 1.82) is 0 Å². The van der Waals surface area contributed by atoms with E-state index in [2.05, 4.69) is 0 Å². The number of thiazole rings is 1. The van der Waals surface area contributed by atoms with Crippen LogP contribution in [0.3, 0.4) is 0 Å². The summed E-state index contributed by atoms with van der Waals surface area (Å²) in [7, 11) is 6.18. The Morgan fingerprint density at radius 3 is 2.20 bits per heavy atom. The Morgan fingerprint density at radius 1 is 0.870 bits per heavy atom. The summed E-state index contributed by atoms with van der Waals surface area (Å²) >= 11 is 1.22. The van der Waals surface area contributed by atoms with E-state index in [-0.39, 0.29) is 17.7 Å². The van der Waals surface area contributed by atoms with Gasteiger partial charge in [-0.1, -0.05) is 72.0 Å². The number of carbonyl (C=O) groups excluding carboxylic acids is 1. The van der Waals surface area contributed by atoms with Crippen molar-refractivity contribution >= 4 is 39.9 Å². The number of aromatic nitrogens is 1. The van der Waals surface area contributed by atoms with Crippen LogP contribution in [0.2, 0.25) is 0 Å². The maximum Gasteiger partial charge on any atom is 0.338 e. The highest BCUT2D eigenvalue weighted by Crippen LogP contribution is 2.42. The van der Waals surface area contributed by atoms with Gasteiger partial charge in [0.25, 0.3) is 5.56 Å². The first-order valence-corrected chi connectivity index (χ1v) is 15.4. The van der Waals surface area contributed by atoms with Crippen LogP contribution in [0.1, 0.15) is 29.7 Å². The highest BCUT2D eigenvalue weighted by molar-refractivity contribution is 7.07. The number of benzene rings is 4. The predicted molar refractivity (Wildman–Crippen MR) is 178 cm³/mol. The smallest absolute Gasteiger partial charge is 0.338 e. The molecule has 0 fully saturated rings. The van der Waals surface area contributed by atoms with Gasteiger partial charge < -0.3 is 23.7 Å². The van der Waals surface area contributed by atoms with E-state index in [1.165, 1.54) is 32.7 Å². The molecule has 234 valence electrons. The molecule has 5 aromatic rings. The largest absolute Gasteiger partial charge is 0.496 e. The van der Waals surface area contributed by atoms with Crippen LogP contribution in [0.25, 0.3) is 22.5 Å². The molecular weight excluding hydrogens is 604 g/mol. The third-order valence-electron chi connectivity index (χ3n) is 7.78. The van der Waals surface area contributed by atoms with E-state index < -0.39 is 12.0 Å². The van der Waals surface area contributed by atoms with Crippen LogP contribution in [0.15, 0.2) is 94.2 Å². The lowest BCUT2D eigenvalue weighted by atomic mass is 9.89. The zero-order valence-corrected chi connectivity index (χ0v) is 26.8. The van der Waals surface area contributed by atoms with E-state index >= 15 is 0 Å². The van der Waals surface area contributed by atoms with E-state index in [1.54, 1.807) is 36.8 Å². The summed E-state index contributed by atoms with van der Waals surface area (Å²) < 4.78 is 30.1. The van der Waals surface area contributed by atoms with Crippen molar-refractivity contribution in [2.45, 2.75) is 13.0 Å². The maximum atomic E-state index is 14.5. The molecule has 1 aliphatic heterocycles. The Hall–Kier alpha value is -5.35. The second-order valence-corrected chi connectivity index (χ2v) is 11.3. The fourth-order valence-corrected chi connectivity index (χ4v) is 6.79. The van der Waals surface area contributed by atoms with Crippen molar-refractivity contribution in [1.82, 2.24) is 4.57 Å². The molecule has 10 heteroatoms. The van der Waals surface area contributed by atoms with Gasteiger partial charge in [-0.2, -0.15) is 0 Å². The van der Waals surface area contributed by atoms with E-state index in [0.717, 1.165) is 16.3 Å². The number of fused-ring (bicyclic) bond motifs is 2. The molecule has 0 amide bonds. The van der Waals surface area contributed by atoms with E-state index in [4.69, 9.17) is 28.7 Å². The third kappa shape index (κ3) is 5.30. The molecule has 0 radical (unpaired) electrons. The summed E-state index contributed by atoms with van der Waals surface area (Å²) in [5.41, 5.74) is 2.39. The highest BCUT2D eigenvalue weighted by atomic mass is 32.1. The molecule has 46 heavy (non-hydrogen) atoms. The minimum Gasteiger partial charge on any atom is -0.496 e. The Bertz CT molecular complexity index is 2140. The van der Waals surface area contributed by atoms with Crippen molar-refractivity contribution in [2.24, 2.45) is 4.99 Å². The van der Waals surface area contributed by atoms with Crippen LogP contribution in [0, 0.1) is 0 Å². The summed E-state index contributed by atoms with van der Waals surface area (Å²) in [6.45, 7) is 1.90. The molecule has 0 saturated heterocycles. The SMILES string of the molecule is CCOC(=O)C1=C(c2ccccc2)N=c2s/c(=C\c3cc(OC)c(OC)c(OC)c3)c(=O)n2[C@H]1c1c(OC)ccc2ccccc12. The molecule has 1 aliphatic rings. The first kappa shape index (κ1) is 30.7. The summed E-state index contributed by atoms with van der Waals surface area (Å²) in [6.07, 6.45) is 1.75. The number of nitrogens with zero attached hydrogens (tertiary/aromatic N) is 2. The zero-order chi connectivity index (χ0) is 32.4. The van der Waals surface area contributed by atoms with Gasteiger partial charge in [-0.05, 0) is 47.5 Å². The zero-order valence-electron chi connectivity index (χ0n) is 26.0. The average molecular weight is 637 g/mol. The van der Waals surface area contributed by atoms with Gasteiger partial charge >= 0.3 is 5.97 Å². The molecule has 0 spiro atoms. The van der Waals surface area contributed by atoms with Gasteiger partial charge in [-0.25, -0.2) is 9.79 Å². The molecule has 2 heterocycles. The van der Waals surface area contributed by atoms with Crippen molar-refractivity contribution in [3.8, 4) is 23.0 Å². The van der Waals surface area contributed by atoms with Gasteiger partial charge in [0.1, 0.15) is 11.8 Å². The number of carbonyl (C=O) groups is 1. The summed E-state index contributed by atoms with van der Waals surface area (Å²) in [5, 5.41) is 1.77. The molecule has 0 bridgehead atoms. The third-order valence-corrected chi connectivity index (χ3v) is 8.77. The normalized spacial score (nSPS) is 14.5. The highest BCUT2D eigenvalue weighted by Gasteiger charge is 2.37. The average Bonchev–Trinajstić information content (AvgIpc) is 3.40. The van der Waals surface area contributed by atoms with Gasteiger partial charge in [0.15, 0.2) is 16.3 Å². The van der Waals surface area contributed by atoms with Crippen molar-refractivity contribution in [3.05, 3.63) is 121 Å². The summed E-state index contributed by atoms with van der Waals surface area (Å²) in [6, 6.07) is 23.7. The first-order chi connectivity index (χ1) is 22.4. The molecule has 0 saturated carbocycles. The van der Waals surface area contributed by atoms with Crippen LogP contribution in [-0.4, -0.2) is 45.6 Å². The van der Waals surface area contributed by atoms with Gasteiger partial charge in [0, 0.05) is 11.1 Å². The van der Waals surface area contributed by atoms with Gasteiger partial charge in [0.2, 0.25) is 5.75 Å². The lowest BCUT2D eigenvalue weighted by Crippen LogP contribution is -2.40. The van der Waals surface area contributed by atoms with Crippen molar-refractivity contribution in [2.75, 3.05) is 35.0 Å². The Balaban J connectivity index is 1.72. The standard InChI is InChI=1S/C36H32N2O7S/c1-6-45-35(40)30-31(23-13-8-7-9-14-23)37-36-38(32(30)29-24-15-11-10-12-22(24)16-17-25(29)41-2)34(39)28(46-36)20-21-18-26(42-3)33(44-5)27(19-21)43-4/h7-20,32H,6H2,1-5H3/b28-20-/t32-/m0/s1. The summed E-state index contributed by atoms with van der Waals surface area (Å²) in [4.78, 5) is 33.9. The number of ether oxygens (including phenoxy) is 5. The van der Waals surface area contributed by atoms with Crippen LogP contribution in [-0.2, 0) is 9.53 Å². The van der Waals surface area contributed by atoms with Crippen molar-refractivity contribution < 1.29 is 28.5 Å². The van der Waals surface area contributed by atoms with Gasteiger partial charge in [-0.3, -0.25) is 9.36 Å². The minimum atomic E-state index is -0.909. The van der Waals surface area contributed by atoms with E-state index in [9.17, 15) is 9.59 Å². The summed E-state index contributed by atoms with van der Waals surface area (Å²) in [5.74, 6) is 1.31.